The lowest BCUT2D eigenvalue weighted by atomic mass is 10.1. The molecule has 0 aliphatic carbocycles. The van der Waals surface area contributed by atoms with E-state index >= 15 is 0 Å². The molecule has 100 valence electrons. The Bertz CT molecular complexity index is 614. The molecule has 19 heavy (non-hydrogen) atoms. The molecule has 0 fully saturated rings. The Balaban J connectivity index is 2.20. The molecule has 0 bridgehead atoms. The van der Waals surface area contributed by atoms with Crippen molar-refractivity contribution in [1.82, 2.24) is 0 Å². The van der Waals surface area contributed by atoms with E-state index in [-0.39, 0.29) is 0 Å². The third-order valence-corrected chi connectivity index (χ3v) is 2.72. The second-order valence-electron chi connectivity index (χ2n) is 5.19. The SMILES string of the molecule is CC(C)(C)OC(=O)Oc1ccc2c(Cl)cccc2c1. The largest absolute Gasteiger partial charge is 0.514 e. The lowest BCUT2D eigenvalue weighted by Gasteiger charge is -2.18. The molecule has 0 spiro atoms. The molecule has 0 aromatic heterocycles. The number of benzene rings is 2. The van der Waals surface area contributed by atoms with Crippen molar-refractivity contribution >= 4 is 28.5 Å². The van der Waals surface area contributed by atoms with Crippen LogP contribution in [0.1, 0.15) is 20.8 Å². The molecule has 2 rings (SSSR count). The van der Waals surface area contributed by atoms with E-state index in [1.54, 1.807) is 32.9 Å². The molecule has 0 saturated carbocycles. The molecule has 0 saturated heterocycles. The molecule has 0 N–H and O–H groups in total. The monoisotopic (exact) mass is 278 g/mol. The lowest BCUT2D eigenvalue weighted by molar-refractivity contribution is 0.0206. The Morgan fingerprint density at radius 1 is 1.16 bits per heavy atom. The predicted octanol–water partition coefficient (Wildman–Crippen LogP) is 4.81. The van der Waals surface area contributed by atoms with Crippen LogP contribution in [-0.2, 0) is 4.74 Å². The highest BCUT2D eigenvalue weighted by Crippen LogP contribution is 2.27. The molecular weight excluding hydrogens is 264 g/mol. The van der Waals surface area contributed by atoms with Crippen molar-refractivity contribution in [2.75, 3.05) is 0 Å². The van der Waals surface area contributed by atoms with Crippen molar-refractivity contribution < 1.29 is 14.3 Å². The first-order valence-corrected chi connectivity index (χ1v) is 6.32. The Kier molecular flexibility index (Phi) is 3.67. The van der Waals surface area contributed by atoms with E-state index in [0.717, 1.165) is 10.8 Å². The Labute approximate surface area is 117 Å². The van der Waals surface area contributed by atoms with Gasteiger partial charge in [-0.3, -0.25) is 0 Å². The fraction of sp³-hybridized carbons (Fsp3) is 0.267. The third-order valence-electron chi connectivity index (χ3n) is 2.39. The van der Waals surface area contributed by atoms with Gasteiger partial charge in [-0.2, -0.15) is 0 Å². The molecule has 2 aromatic rings. The summed E-state index contributed by atoms with van der Waals surface area (Å²) in [5.41, 5.74) is -0.572. The summed E-state index contributed by atoms with van der Waals surface area (Å²) in [5, 5.41) is 2.50. The third kappa shape index (κ3) is 3.61. The minimum absolute atomic E-state index is 0.434. The van der Waals surface area contributed by atoms with E-state index in [2.05, 4.69) is 0 Å². The zero-order valence-corrected chi connectivity index (χ0v) is 11.8. The summed E-state index contributed by atoms with van der Waals surface area (Å²) in [7, 11) is 0. The van der Waals surface area contributed by atoms with Crippen LogP contribution in [0.2, 0.25) is 5.02 Å². The van der Waals surface area contributed by atoms with Gasteiger partial charge >= 0.3 is 6.16 Å². The van der Waals surface area contributed by atoms with Gasteiger partial charge in [-0.25, -0.2) is 4.79 Å². The minimum Gasteiger partial charge on any atom is -0.428 e. The van der Waals surface area contributed by atoms with Gasteiger partial charge in [0.1, 0.15) is 11.4 Å². The van der Waals surface area contributed by atoms with Crippen molar-refractivity contribution in [1.29, 1.82) is 0 Å². The zero-order chi connectivity index (χ0) is 14.0. The summed E-state index contributed by atoms with van der Waals surface area (Å²) in [6.45, 7) is 5.36. The number of carbonyl (C=O) groups is 1. The van der Waals surface area contributed by atoms with Gasteiger partial charge in [0.05, 0.1) is 0 Å². The highest BCUT2D eigenvalue weighted by Gasteiger charge is 2.18. The normalized spacial score (nSPS) is 11.4. The van der Waals surface area contributed by atoms with Crippen LogP contribution in [-0.4, -0.2) is 11.8 Å². The molecule has 0 unspecified atom stereocenters. The molecule has 0 amide bonds. The number of rotatable bonds is 1. The predicted molar refractivity (Wildman–Crippen MR) is 75.8 cm³/mol. The highest BCUT2D eigenvalue weighted by molar-refractivity contribution is 6.35. The Hall–Kier alpha value is -1.74. The van der Waals surface area contributed by atoms with Crippen LogP contribution in [0.15, 0.2) is 36.4 Å². The number of fused-ring (bicyclic) bond motifs is 1. The van der Waals surface area contributed by atoms with Crippen molar-refractivity contribution in [2.24, 2.45) is 0 Å². The fourth-order valence-corrected chi connectivity index (χ4v) is 1.90. The van der Waals surface area contributed by atoms with E-state index in [9.17, 15) is 4.79 Å². The molecule has 0 aliphatic rings. The highest BCUT2D eigenvalue weighted by atomic mass is 35.5. The van der Waals surface area contributed by atoms with Gasteiger partial charge in [0.25, 0.3) is 0 Å². The Morgan fingerprint density at radius 2 is 1.89 bits per heavy atom. The number of carbonyl (C=O) groups excluding carboxylic acids is 1. The molecule has 2 aromatic carbocycles. The van der Waals surface area contributed by atoms with Gasteiger partial charge in [0.2, 0.25) is 0 Å². The maximum absolute atomic E-state index is 11.6. The molecular formula is C15H15ClO3. The number of halogens is 1. The van der Waals surface area contributed by atoms with E-state index in [0.29, 0.717) is 10.8 Å². The maximum Gasteiger partial charge on any atom is 0.514 e. The fourth-order valence-electron chi connectivity index (χ4n) is 1.65. The van der Waals surface area contributed by atoms with Crippen molar-refractivity contribution in [3.8, 4) is 5.75 Å². The number of ether oxygens (including phenoxy) is 2. The summed E-state index contributed by atoms with van der Waals surface area (Å²) < 4.78 is 10.2. The van der Waals surface area contributed by atoms with Crippen LogP contribution in [0.4, 0.5) is 4.79 Å². The summed E-state index contributed by atoms with van der Waals surface area (Å²) in [5.74, 6) is 0.434. The van der Waals surface area contributed by atoms with Gasteiger partial charge in [0, 0.05) is 10.4 Å². The quantitative estimate of drug-likeness (QED) is 0.555. The van der Waals surface area contributed by atoms with Crippen LogP contribution < -0.4 is 4.74 Å². The van der Waals surface area contributed by atoms with E-state index in [1.165, 1.54) is 0 Å². The molecule has 0 radical (unpaired) electrons. The smallest absolute Gasteiger partial charge is 0.428 e. The maximum atomic E-state index is 11.6. The minimum atomic E-state index is -0.714. The van der Waals surface area contributed by atoms with Crippen LogP contribution in [0.5, 0.6) is 5.75 Å². The average Bonchev–Trinajstić information content (AvgIpc) is 2.26. The zero-order valence-electron chi connectivity index (χ0n) is 11.1. The van der Waals surface area contributed by atoms with Gasteiger partial charge in [-0.05, 0) is 50.4 Å². The van der Waals surface area contributed by atoms with Gasteiger partial charge in [0.15, 0.2) is 0 Å². The topological polar surface area (TPSA) is 35.5 Å². The first kappa shape index (κ1) is 13.7. The van der Waals surface area contributed by atoms with Crippen molar-refractivity contribution in [3.05, 3.63) is 41.4 Å². The molecule has 0 heterocycles. The van der Waals surface area contributed by atoms with Gasteiger partial charge < -0.3 is 9.47 Å². The first-order chi connectivity index (χ1) is 8.85. The molecule has 3 nitrogen and oxygen atoms in total. The van der Waals surface area contributed by atoms with Crippen molar-refractivity contribution in [3.63, 3.8) is 0 Å². The van der Waals surface area contributed by atoms with Crippen LogP contribution in [0.3, 0.4) is 0 Å². The van der Waals surface area contributed by atoms with E-state index in [4.69, 9.17) is 21.1 Å². The van der Waals surface area contributed by atoms with Gasteiger partial charge in [-0.1, -0.05) is 23.7 Å². The summed E-state index contributed by atoms with van der Waals surface area (Å²) in [4.78, 5) is 11.6. The summed E-state index contributed by atoms with van der Waals surface area (Å²) in [6, 6.07) is 10.8. The summed E-state index contributed by atoms with van der Waals surface area (Å²) in [6.07, 6.45) is -0.714. The first-order valence-electron chi connectivity index (χ1n) is 5.94. The van der Waals surface area contributed by atoms with Gasteiger partial charge in [-0.15, -0.1) is 0 Å². The second kappa shape index (κ2) is 5.10. The Morgan fingerprint density at radius 3 is 2.58 bits per heavy atom. The number of hydrogen-bond donors (Lipinski definition) is 0. The molecule has 0 aliphatic heterocycles. The van der Waals surface area contributed by atoms with Crippen LogP contribution in [0, 0.1) is 0 Å². The van der Waals surface area contributed by atoms with E-state index < -0.39 is 11.8 Å². The summed E-state index contributed by atoms with van der Waals surface area (Å²) >= 11 is 6.07. The number of hydrogen-bond acceptors (Lipinski definition) is 3. The molecule has 4 heteroatoms. The average molecular weight is 279 g/mol. The van der Waals surface area contributed by atoms with Crippen LogP contribution >= 0.6 is 11.6 Å². The standard InChI is InChI=1S/C15H15ClO3/c1-15(2,3)19-14(17)18-11-7-8-12-10(9-11)5-4-6-13(12)16/h4-9H,1-3H3. The van der Waals surface area contributed by atoms with Crippen molar-refractivity contribution in [2.45, 2.75) is 26.4 Å². The second-order valence-corrected chi connectivity index (χ2v) is 5.60. The lowest BCUT2D eigenvalue weighted by Crippen LogP contribution is -2.25. The molecule has 0 atom stereocenters. The van der Waals surface area contributed by atoms with E-state index in [1.807, 2.05) is 24.3 Å². The van der Waals surface area contributed by atoms with Crippen LogP contribution in [0.25, 0.3) is 10.8 Å².